The predicted molar refractivity (Wildman–Crippen MR) is 148 cm³/mol. The molecule has 1 saturated carbocycles. The van der Waals surface area contributed by atoms with Crippen LogP contribution < -0.4 is 16.4 Å². The summed E-state index contributed by atoms with van der Waals surface area (Å²) in [4.78, 5) is 54.2. The van der Waals surface area contributed by atoms with Crippen molar-refractivity contribution < 1.29 is 23.9 Å². The lowest BCUT2D eigenvalue weighted by atomic mass is 9.95. The number of alkyl carbamates (subject to hydrolysis) is 1. The van der Waals surface area contributed by atoms with E-state index in [1.165, 1.54) is 4.90 Å². The number of hydrogen-bond donors (Lipinski definition) is 3. The fourth-order valence-electron chi connectivity index (χ4n) is 4.56. The van der Waals surface area contributed by atoms with Crippen LogP contribution in [0, 0.1) is 19.8 Å². The molecule has 4 unspecified atom stereocenters. The van der Waals surface area contributed by atoms with E-state index >= 15 is 0 Å². The summed E-state index contributed by atoms with van der Waals surface area (Å²) in [6.45, 7) is 11.2. The molecule has 3 rings (SSSR count). The number of nitrogens with zero attached hydrogens (tertiary/aromatic N) is 1. The lowest BCUT2D eigenvalue weighted by Gasteiger charge is -2.35. The van der Waals surface area contributed by atoms with E-state index in [2.05, 4.69) is 10.6 Å². The quantitative estimate of drug-likeness (QED) is 0.427. The van der Waals surface area contributed by atoms with Crippen LogP contribution in [0.1, 0.15) is 68.8 Å². The van der Waals surface area contributed by atoms with E-state index in [1.54, 1.807) is 20.8 Å². The Balaban J connectivity index is 2.02. The van der Waals surface area contributed by atoms with Crippen LogP contribution in [0.5, 0.6) is 0 Å². The molecule has 9 nitrogen and oxygen atoms in total. The number of nitrogens with two attached hydrogens (primary N) is 1. The maximum absolute atomic E-state index is 14.2. The first kappa shape index (κ1) is 29.7. The summed E-state index contributed by atoms with van der Waals surface area (Å²) < 4.78 is 5.34. The lowest BCUT2D eigenvalue weighted by Crippen LogP contribution is -2.55. The first-order chi connectivity index (χ1) is 18.3. The molecule has 39 heavy (non-hydrogen) atoms. The van der Waals surface area contributed by atoms with Gasteiger partial charge in [0.15, 0.2) is 0 Å². The summed E-state index contributed by atoms with van der Waals surface area (Å²) in [7, 11) is 0. The maximum Gasteiger partial charge on any atom is 0.408 e. The zero-order valence-corrected chi connectivity index (χ0v) is 23.6. The summed E-state index contributed by atoms with van der Waals surface area (Å²) >= 11 is 0. The molecule has 4 N–H and O–H groups in total. The molecule has 0 bridgehead atoms. The monoisotopic (exact) mass is 536 g/mol. The van der Waals surface area contributed by atoms with Crippen LogP contribution in [-0.2, 0) is 25.7 Å². The summed E-state index contributed by atoms with van der Waals surface area (Å²) in [5.74, 6) is -1.53. The molecule has 0 aliphatic heterocycles. The standard InChI is InChI=1S/C30H40N4O5/c1-18-12-13-19(2)22(14-18)26(27(36)32-17-21-10-8-7-9-11-21)34(24-15-20(24)3)28(37)23(16-25(31)35)33-29(38)39-30(4,5)6/h7-14,20,23-24,26H,15-17H2,1-6H3,(H2,31,35)(H,32,36)(H,33,38). The van der Waals surface area contributed by atoms with Gasteiger partial charge in [-0.25, -0.2) is 4.79 Å². The second-order valence-electron chi connectivity index (χ2n) is 11.4. The molecular weight excluding hydrogens is 496 g/mol. The van der Waals surface area contributed by atoms with Gasteiger partial charge < -0.3 is 26.0 Å². The molecule has 0 spiro atoms. The minimum atomic E-state index is -1.29. The Kier molecular flexibility index (Phi) is 9.37. The molecule has 0 heterocycles. The number of hydrogen-bond acceptors (Lipinski definition) is 5. The van der Waals surface area contributed by atoms with Crippen molar-refractivity contribution in [2.24, 2.45) is 11.7 Å². The summed E-state index contributed by atoms with van der Waals surface area (Å²) in [6, 6.07) is 12.7. The number of rotatable bonds is 10. The van der Waals surface area contributed by atoms with Crippen LogP contribution in [-0.4, -0.2) is 46.4 Å². The molecular formula is C30H40N4O5. The van der Waals surface area contributed by atoms with Crippen molar-refractivity contribution >= 4 is 23.8 Å². The van der Waals surface area contributed by atoms with Gasteiger partial charge in [0, 0.05) is 12.6 Å². The summed E-state index contributed by atoms with van der Waals surface area (Å²) in [5.41, 5.74) is 8.05. The van der Waals surface area contributed by atoms with Crippen LogP contribution in [0.3, 0.4) is 0 Å². The third-order valence-electron chi connectivity index (χ3n) is 6.64. The van der Waals surface area contributed by atoms with Gasteiger partial charge >= 0.3 is 6.09 Å². The van der Waals surface area contributed by atoms with Gasteiger partial charge in [0.05, 0.1) is 6.42 Å². The minimum absolute atomic E-state index is 0.138. The Bertz CT molecular complexity index is 1210. The van der Waals surface area contributed by atoms with Gasteiger partial charge in [-0.1, -0.05) is 61.0 Å². The second kappa shape index (κ2) is 12.3. The highest BCUT2D eigenvalue weighted by Gasteiger charge is 2.48. The normalized spacial score (nSPS) is 17.9. The van der Waals surface area contributed by atoms with Gasteiger partial charge in [0.25, 0.3) is 0 Å². The number of aryl methyl sites for hydroxylation is 2. The highest BCUT2D eigenvalue weighted by atomic mass is 16.6. The number of nitrogens with one attached hydrogen (secondary N) is 2. The van der Waals surface area contributed by atoms with E-state index in [0.717, 1.165) is 16.7 Å². The van der Waals surface area contributed by atoms with Crippen molar-refractivity contribution in [1.82, 2.24) is 15.5 Å². The van der Waals surface area contributed by atoms with Gasteiger partial charge in [-0.2, -0.15) is 0 Å². The number of ether oxygens (including phenoxy) is 1. The Morgan fingerprint density at radius 2 is 1.72 bits per heavy atom. The summed E-state index contributed by atoms with van der Waals surface area (Å²) in [5, 5.41) is 5.52. The Hall–Kier alpha value is -3.88. The molecule has 4 amide bonds. The van der Waals surface area contributed by atoms with Crippen LogP contribution in [0.25, 0.3) is 0 Å². The van der Waals surface area contributed by atoms with E-state index < -0.39 is 42.0 Å². The van der Waals surface area contributed by atoms with Crippen LogP contribution >= 0.6 is 0 Å². The molecule has 9 heteroatoms. The third-order valence-corrected chi connectivity index (χ3v) is 6.64. The first-order valence-electron chi connectivity index (χ1n) is 13.3. The molecule has 1 aliphatic rings. The molecule has 0 saturated heterocycles. The molecule has 1 fully saturated rings. The van der Waals surface area contributed by atoms with E-state index in [1.807, 2.05) is 69.3 Å². The molecule has 0 aromatic heterocycles. The van der Waals surface area contributed by atoms with Gasteiger partial charge in [-0.3, -0.25) is 14.4 Å². The number of amides is 4. The molecule has 2 aromatic carbocycles. The fraction of sp³-hybridized carbons (Fsp3) is 0.467. The van der Waals surface area contributed by atoms with Gasteiger partial charge in [0.2, 0.25) is 17.7 Å². The fourth-order valence-corrected chi connectivity index (χ4v) is 4.56. The molecule has 4 atom stereocenters. The zero-order chi connectivity index (χ0) is 28.9. The van der Waals surface area contributed by atoms with Crippen LogP contribution in [0.15, 0.2) is 48.5 Å². The van der Waals surface area contributed by atoms with Crippen LogP contribution in [0.2, 0.25) is 0 Å². The average Bonchev–Trinajstić information content (AvgIpc) is 3.56. The largest absolute Gasteiger partial charge is 0.444 e. The van der Waals surface area contributed by atoms with Crippen molar-refractivity contribution in [2.75, 3.05) is 0 Å². The average molecular weight is 537 g/mol. The Morgan fingerprint density at radius 3 is 2.28 bits per heavy atom. The Morgan fingerprint density at radius 1 is 1.08 bits per heavy atom. The van der Waals surface area contributed by atoms with Crippen molar-refractivity contribution in [3.8, 4) is 0 Å². The number of primary amides is 1. The Labute approximate surface area is 230 Å². The van der Waals surface area contributed by atoms with E-state index in [0.29, 0.717) is 12.0 Å². The zero-order valence-electron chi connectivity index (χ0n) is 23.6. The van der Waals surface area contributed by atoms with Crippen LogP contribution in [0.4, 0.5) is 4.79 Å². The lowest BCUT2D eigenvalue weighted by molar-refractivity contribution is -0.144. The van der Waals surface area contributed by atoms with E-state index in [4.69, 9.17) is 10.5 Å². The SMILES string of the molecule is Cc1ccc(C)c(C(C(=O)NCc2ccccc2)N(C(=O)C(CC(N)=O)NC(=O)OC(C)(C)C)C2CC2C)c1. The minimum Gasteiger partial charge on any atom is -0.444 e. The van der Waals surface area contributed by atoms with E-state index in [-0.39, 0.29) is 24.4 Å². The van der Waals surface area contributed by atoms with Crippen molar-refractivity contribution in [3.05, 3.63) is 70.8 Å². The van der Waals surface area contributed by atoms with Gasteiger partial charge in [-0.05, 0) is 63.6 Å². The number of benzene rings is 2. The molecule has 210 valence electrons. The smallest absolute Gasteiger partial charge is 0.408 e. The highest BCUT2D eigenvalue weighted by molar-refractivity contribution is 5.95. The molecule has 0 radical (unpaired) electrons. The molecule has 2 aromatic rings. The number of carbonyl (C=O) groups is 4. The van der Waals surface area contributed by atoms with Gasteiger partial charge in [0.1, 0.15) is 17.7 Å². The first-order valence-corrected chi connectivity index (χ1v) is 13.3. The van der Waals surface area contributed by atoms with Crippen molar-refractivity contribution in [2.45, 2.75) is 84.7 Å². The van der Waals surface area contributed by atoms with Gasteiger partial charge in [-0.15, -0.1) is 0 Å². The van der Waals surface area contributed by atoms with Crippen molar-refractivity contribution in [3.63, 3.8) is 0 Å². The number of carbonyl (C=O) groups excluding carboxylic acids is 4. The predicted octanol–water partition coefficient (Wildman–Crippen LogP) is 3.67. The second-order valence-corrected chi connectivity index (χ2v) is 11.4. The third kappa shape index (κ3) is 8.30. The maximum atomic E-state index is 14.2. The van der Waals surface area contributed by atoms with E-state index in [9.17, 15) is 19.2 Å². The molecule has 1 aliphatic carbocycles. The highest BCUT2D eigenvalue weighted by Crippen LogP contribution is 2.41. The topological polar surface area (TPSA) is 131 Å². The summed E-state index contributed by atoms with van der Waals surface area (Å²) in [6.07, 6.45) is -0.585. The van der Waals surface area contributed by atoms with Crippen molar-refractivity contribution in [1.29, 1.82) is 0 Å².